The molecule has 0 aliphatic rings. The number of rotatable bonds is 9. The third-order valence-corrected chi connectivity index (χ3v) is 4.24. The summed E-state index contributed by atoms with van der Waals surface area (Å²) in [6.45, 7) is 2.42. The van der Waals surface area contributed by atoms with E-state index < -0.39 is 5.97 Å². The number of aromatic nitrogens is 1. The number of carbonyl (C=O) groups is 2. The molecule has 24 heavy (non-hydrogen) atoms. The molecule has 2 N–H and O–H groups in total. The van der Waals surface area contributed by atoms with Gasteiger partial charge in [0.25, 0.3) is 0 Å². The highest BCUT2D eigenvalue weighted by Gasteiger charge is 2.21. The van der Waals surface area contributed by atoms with E-state index in [-0.39, 0.29) is 25.0 Å². The fourth-order valence-corrected chi connectivity index (χ4v) is 3.16. The lowest BCUT2D eigenvalue weighted by molar-refractivity contribution is -0.138. The molecular weight excluding hydrogens is 326 g/mol. The molecule has 0 radical (unpaired) electrons. The normalized spacial score (nSPS) is 12.1. The van der Waals surface area contributed by atoms with Gasteiger partial charge in [-0.25, -0.2) is 4.98 Å². The lowest BCUT2D eigenvalue weighted by atomic mass is 10.1. The van der Waals surface area contributed by atoms with Gasteiger partial charge in [0.05, 0.1) is 13.1 Å². The molecule has 1 unspecified atom stereocenters. The molecule has 2 aromatic rings. The maximum absolute atomic E-state index is 12.4. The van der Waals surface area contributed by atoms with Crippen molar-refractivity contribution >= 4 is 23.2 Å². The van der Waals surface area contributed by atoms with Gasteiger partial charge < -0.3 is 10.4 Å². The maximum atomic E-state index is 12.4. The van der Waals surface area contributed by atoms with Crippen molar-refractivity contribution in [2.45, 2.75) is 19.4 Å². The molecule has 0 saturated carbocycles. The average molecular weight is 347 g/mol. The molecule has 1 heterocycles. The van der Waals surface area contributed by atoms with Crippen LogP contribution in [0.25, 0.3) is 0 Å². The van der Waals surface area contributed by atoms with Gasteiger partial charge in [0.2, 0.25) is 5.91 Å². The molecule has 2 rings (SSSR count). The van der Waals surface area contributed by atoms with E-state index in [0.717, 1.165) is 17.0 Å². The molecule has 128 valence electrons. The molecular formula is C17H21N3O3S. The summed E-state index contributed by atoms with van der Waals surface area (Å²) >= 11 is 1.47. The smallest absolute Gasteiger partial charge is 0.317 e. The van der Waals surface area contributed by atoms with Crippen molar-refractivity contribution in [2.75, 3.05) is 19.6 Å². The first kappa shape index (κ1) is 18.1. The van der Waals surface area contributed by atoms with Crippen molar-refractivity contribution < 1.29 is 14.7 Å². The Bertz CT molecular complexity index is 646. The number of carboxylic acids is 1. The monoisotopic (exact) mass is 347 g/mol. The Morgan fingerprint density at radius 2 is 2.04 bits per heavy atom. The van der Waals surface area contributed by atoms with Crippen molar-refractivity contribution in [3.63, 3.8) is 0 Å². The average Bonchev–Trinajstić information content (AvgIpc) is 3.07. The number of thiazole rings is 1. The topological polar surface area (TPSA) is 82.5 Å². The van der Waals surface area contributed by atoms with Crippen molar-refractivity contribution in [1.29, 1.82) is 0 Å². The van der Waals surface area contributed by atoms with E-state index in [4.69, 9.17) is 5.11 Å². The minimum Gasteiger partial charge on any atom is -0.480 e. The Hall–Kier alpha value is -2.25. The minimum absolute atomic E-state index is 0.0504. The standard InChI is InChI=1S/C17H21N3O3S/c1-2-9-20(12-15(22)23)11-14(21)19-16(17-18-8-10-24-17)13-6-4-3-5-7-13/h3-8,10,16H,2,9,11-12H2,1H3,(H,19,21)(H,22,23). The molecule has 0 saturated heterocycles. The summed E-state index contributed by atoms with van der Waals surface area (Å²) in [5, 5.41) is 14.6. The second-order valence-corrected chi connectivity index (χ2v) is 6.31. The lowest BCUT2D eigenvalue weighted by Gasteiger charge is -2.22. The van der Waals surface area contributed by atoms with E-state index in [1.165, 1.54) is 11.3 Å². The van der Waals surface area contributed by atoms with E-state index in [1.807, 2.05) is 42.6 Å². The number of aliphatic carboxylic acids is 1. The highest BCUT2D eigenvalue weighted by molar-refractivity contribution is 7.09. The number of hydrogen-bond acceptors (Lipinski definition) is 5. The summed E-state index contributed by atoms with van der Waals surface area (Å²) in [5.41, 5.74) is 0.945. The van der Waals surface area contributed by atoms with Gasteiger partial charge in [-0.3, -0.25) is 14.5 Å². The predicted octanol–water partition coefficient (Wildman–Crippen LogP) is 2.15. The zero-order valence-electron chi connectivity index (χ0n) is 13.5. The molecule has 7 heteroatoms. The van der Waals surface area contributed by atoms with Crippen LogP contribution < -0.4 is 5.32 Å². The van der Waals surface area contributed by atoms with Crippen LogP contribution in [0.15, 0.2) is 41.9 Å². The number of benzene rings is 1. The van der Waals surface area contributed by atoms with Gasteiger partial charge in [-0.15, -0.1) is 11.3 Å². The van der Waals surface area contributed by atoms with Crippen LogP contribution in [0.2, 0.25) is 0 Å². The summed E-state index contributed by atoms with van der Waals surface area (Å²) in [4.78, 5) is 29.3. The van der Waals surface area contributed by atoms with Crippen LogP contribution >= 0.6 is 11.3 Å². The Labute approximate surface area is 145 Å². The molecule has 6 nitrogen and oxygen atoms in total. The molecule has 1 aromatic heterocycles. The van der Waals surface area contributed by atoms with E-state index in [2.05, 4.69) is 10.3 Å². The van der Waals surface area contributed by atoms with Gasteiger partial charge >= 0.3 is 5.97 Å². The van der Waals surface area contributed by atoms with Crippen LogP contribution in [0.4, 0.5) is 0 Å². The van der Waals surface area contributed by atoms with Crippen LogP contribution in [0.3, 0.4) is 0 Å². The van der Waals surface area contributed by atoms with E-state index in [0.29, 0.717) is 6.54 Å². The van der Waals surface area contributed by atoms with Crippen molar-refractivity contribution in [3.8, 4) is 0 Å². The molecule has 0 spiro atoms. The summed E-state index contributed by atoms with van der Waals surface area (Å²) in [6, 6.07) is 9.29. The highest BCUT2D eigenvalue weighted by atomic mass is 32.1. The Balaban J connectivity index is 2.08. The second-order valence-electron chi connectivity index (χ2n) is 5.39. The van der Waals surface area contributed by atoms with Crippen LogP contribution in [-0.2, 0) is 9.59 Å². The fourth-order valence-electron chi connectivity index (χ4n) is 2.44. The largest absolute Gasteiger partial charge is 0.480 e. The van der Waals surface area contributed by atoms with Crippen molar-refractivity contribution in [3.05, 3.63) is 52.5 Å². The van der Waals surface area contributed by atoms with Crippen molar-refractivity contribution in [2.24, 2.45) is 0 Å². The summed E-state index contributed by atoms with van der Waals surface area (Å²) in [5.74, 6) is -1.15. The van der Waals surface area contributed by atoms with Gasteiger partial charge in [-0.05, 0) is 18.5 Å². The number of nitrogens with zero attached hydrogens (tertiary/aromatic N) is 2. The van der Waals surface area contributed by atoms with Gasteiger partial charge in [-0.1, -0.05) is 37.3 Å². The SMILES string of the molecule is CCCN(CC(=O)O)CC(=O)NC(c1ccccc1)c1nccs1. The van der Waals surface area contributed by atoms with Crippen LogP contribution in [0.5, 0.6) is 0 Å². The van der Waals surface area contributed by atoms with E-state index in [9.17, 15) is 9.59 Å². The summed E-state index contributed by atoms with van der Waals surface area (Å²) in [6.07, 6.45) is 2.49. The highest BCUT2D eigenvalue weighted by Crippen LogP contribution is 2.23. The van der Waals surface area contributed by atoms with Gasteiger partial charge in [0.1, 0.15) is 11.0 Å². The molecule has 0 bridgehead atoms. The molecule has 1 aromatic carbocycles. The third-order valence-electron chi connectivity index (χ3n) is 3.40. The Kier molecular flexibility index (Phi) is 6.89. The molecule has 1 amide bonds. The molecule has 1 atom stereocenters. The summed E-state index contributed by atoms with van der Waals surface area (Å²) < 4.78 is 0. The third kappa shape index (κ3) is 5.43. The van der Waals surface area contributed by atoms with Crippen LogP contribution in [0.1, 0.15) is 30.0 Å². The minimum atomic E-state index is -0.934. The number of carboxylic acid groups (broad SMARTS) is 1. The van der Waals surface area contributed by atoms with Gasteiger partial charge in [0, 0.05) is 11.6 Å². The lowest BCUT2D eigenvalue weighted by Crippen LogP contribution is -2.41. The number of hydrogen-bond donors (Lipinski definition) is 2. The van der Waals surface area contributed by atoms with E-state index in [1.54, 1.807) is 11.1 Å². The zero-order chi connectivity index (χ0) is 17.4. The number of amides is 1. The van der Waals surface area contributed by atoms with E-state index >= 15 is 0 Å². The van der Waals surface area contributed by atoms with Crippen molar-refractivity contribution in [1.82, 2.24) is 15.2 Å². The predicted molar refractivity (Wildman–Crippen MR) is 92.9 cm³/mol. The summed E-state index contributed by atoms with van der Waals surface area (Å²) in [7, 11) is 0. The second kappa shape index (κ2) is 9.14. The molecule has 0 aliphatic heterocycles. The molecule has 0 fully saturated rings. The first-order valence-electron chi connectivity index (χ1n) is 7.78. The van der Waals surface area contributed by atoms with Crippen LogP contribution in [-0.4, -0.2) is 46.5 Å². The fraction of sp³-hybridized carbons (Fsp3) is 0.353. The first-order valence-corrected chi connectivity index (χ1v) is 8.66. The van der Waals surface area contributed by atoms with Crippen LogP contribution in [0, 0.1) is 0 Å². The van der Waals surface area contributed by atoms with Gasteiger partial charge in [-0.2, -0.15) is 0 Å². The quantitative estimate of drug-likeness (QED) is 0.726. The first-order chi connectivity index (χ1) is 11.6. The Morgan fingerprint density at radius 3 is 2.62 bits per heavy atom. The Morgan fingerprint density at radius 1 is 1.29 bits per heavy atom. The number of nitrogens with one attached hydrogen (secondary N) is 1. The van der Waals surface area contributed by atoms with Gasteiger partial charge in [0.15, 0.2) is 0 Å². The maximum Gasteiger partial charge on any atom is 0.317 e. The number of carbonyl (C=O) groups excluding carboxylic acids is 1. The zero-order valence-corrected chi connectivity index (χ0v) is 14.3. The molecule has 0 aliphatic carbocycles.